The lowest BCUT2D eigenvalue weighted by Crippen LogP contribution is -2.25. The Morgan fingerprint density at radius 2 is 1.92 bits per heavy atom. The number of aliphatic hydroxyl groups is 1. The molecule has 3 nitrogen and oxygen atoms in total. The summed E-state index contributed by atoms with van der Waals surface area (Å²) in [6.45, 7) is 9.00. The molecule has 0 aliphatic carbocycles. The average Bonchev–Trinajstić information content (AvgIpc) is 2.32. The van der Waals surface area contributed by atoms with E-state index in [0.717, 1.165) is 6.42 Å². The molecule has 1 rings (SSSR count). The lowest BCUT2D eigenvalue weighted by atomic mass is 9.86. The van der Waals surface area contributed by atoms with Crippen molar-refractivity contribution in [1.82, 2.24) is 5.06 Å². The molecular formula is C10H21NO2. The molecule has 78 valence electrons. The van der Waals surface area contributed by atoms with Crippen molar-refractivity contribution in [2.24, 2.45) is 5.41 Å². The third-order valence-electron chi connectivity index (χ3n) is 2.53. The van der Waals surface area contributed by atoms with Gasteiger partial charge in [-0.25, -0.2) is 0 Å². The number of aliphatic hydroxyl groups excluding tert-OH is 1. The van der Waals surface area contributed by atoms with Gasteiger partial charge in [-0.05, 0) is 25.2 Å². The first-order chi connectivity index (χ1) is 5.73. The maximum absolute atomic E-state index is 9.74. The summed E-state index contributed by atoms with van der Waals surface area (Å²) in [5, 5.41) is 20.2. The zero-order valence-corrected chi connectivity index (χ0v) is 9.04. The van der Waals surface area contributed by atoms with E-state index in [1.807, 2.05) is 6.92 Å². The molecule has 0 radical (unpaired) electrons. The highest BCUT2D eigenvalue weighted by atomic mass is 16.5. The molecule has 1 saturated heterocycles. The summed E-state index contributed by atoms with van der Waals surface area (Å²) in [7, 11) is 0. The molecule has 0 aromatic carbocycles. The minimum absolute atomic E-state index is 0.158. The SMILES string of the molecule is CC(C)(C)CC(O)CC1(C)CN1O. The monoisotopic (exact) mass is 187 g/mol. The number of rotatable bonds is 3. The van der Waals surface area contributed by atoms with Gasteiger partial charge in [0.25, 0.3) is 0 Å². The van der Waals surface area contributed by atoms with Gasteiger partial charge >= 0.3 is 0 Å². The van der Waals surface area contributed by atoms with Gasteiger partial charge in [0.15, 0.2) is 0 Å². The van der Waals surface area contributed by atoms with Crippen molar-refractivity contribution >= 4 is 0 Å². The third-order valence-corrected chi connectivity index (χ3v) is 2.53. The molecule has 0 bridgehead atoms. The second-order valence-electron chi connectivity index (χ2n) is 5.68. The lowest BCUT2D eigenvalue weighted by molar-refractivity contribution is -0.0174. The molecule has 3 atom stereocenters. The van der Waals surface area contributed by atoms with E-state index < -0.39 is 0 Å². The smallest absolute Gasteiger partial charge is 0.0607 e. The van der Waals surface area contributed by atoms with E-state index in [-0.39, 0.29) is 17.1 Å². The number of nitrogens with zero attached hydrogens (tertiary/aromatic N) is 1. The molecular weight excluding hydrogens is 166 g/mol. The second-order valence-corrected chi connectivity index (χ2v) is 5.68. The van der Waals surface area contributed by atoms with Gasteiger partial charge in [0.1, 0.15) is 0 Å². The Morgan fingerprint density at radius 3 is 2.23 bits per heavy atom. The fraction of sp³-hybridized carbons (Fsp3) is 1.00. The van der Waals surface area contributed by atoms with Crippen LogP contribution in [0.3, 0.4) is 0 Å². The van der Waals surface area contributed by atoms with Crippen LogP contribution in [0.5, 0.6) is 0 Å². The summed E-state index contributed by atoms with van der Waals surface area (Å²) in [5.74, 6) is 0. The molecule has 0 amide bonds. The van der Waals surface area contributed by atoms with E-state index in [0.29, 0.717) is 13.0 Å². The Kier molecular flexibility index (Phi) is 2.72. The third kappa shape index (κ3) is 3.25. The van der Waals surface area contributed by atoms with E-state index in [4.69, 9.17) is 5.21 Å². The normalized spacial score (nSPS) is 36.0. The summed E-state index contributed by atoms with van der Waals surface area (Å²) in [6, 6.07) is 0. The van der Waals surface area contributed by atoms with E-state index in [2.05, 4.69) is 20.8 Å². The molecule has 0 aromatic heterocycles. The Hall–Kier alpha value is -0.120. The van der Waals surface area contributed by atoms with Gasteiger partial charge < -0.3 is 10.3 Å². The number of hydrogen-bond acceptors (Lipinski definition) is 3. The van der Waals surface area contributed by atoms with E-state index in [1.165, 1.54) is 5.06 Å². The van der Waals surface area contributed by atoms with Crippen LogP contribution in [0.1, 0.15) is 40.5 Å². The maximum atomic E-state index is 9.74. The summed E-state index contributed by atoms with van der Waals surface area (Å²) < 4.78 is 0. The molecule has 1 heterocycles. The molecule has 0 aromatic rings. The molecule has 1 aliphatic heterocycles. The summed E-state index contributed by atoms with van der Waals surface area (Å²) >= 11 is 0. The first-order valence-electron chi connectivity index (χ1n) is 4.88. The van der Waals surface area contributed by atoms with Crippen molar-refractivity contribution < 1.29 is 10.3 Å². The van der Waals surface area contributed by atoms with Gasteiger partial charge in [0.2, 0.25) is 0 Å². The van der Waals surface area contributed by atoms with Crippen LogP contribution in [0.4, 0.5) is 0 Å². The Bertz CT molecular complexity index is 188. The molecule has 13 heavy (non-hydrogen) atoms. The minimum atomic E-state index is -0.304. The molecule has 2 N–H and O–H groups in total. The van der Waals surface area contributed by atoms with Crippen molar-refractivity contribution in [3.05, 3.63) is 0 Å². The fourth-order valence-corrected chi connectivity index (χ4v) is 1.74. The molecule has 1 fully saturated rings. The lowest BCUT2D eigenvalue weighted by Gasteiger charge is -2.23. The summed E-state index contributed by atoms with van der Waals surface area (Å²) in [6.07, 6.45) is 1.15. The van der Waals surface area contributed by atoms with Crippen molar-refractivity contribution in [2.75, 3.05) is 6.54 Å². The molecule has 3 heteroatoms. The molecule has 0 saturated carbocycles. The van der Waals surface area contributed by atoms with Crippen molar-refractivity contribution in [3.63, 3.8) is 0 Å². The first-order valence-corrected chi connectivity index (χ1v) is 4.88. The zero-order valence-electron chi connectivity index (χ0n) is 9.04. The first kappa shape index (κ1) is 11.0. The predicted octanol–water partition coefficient (Wildman–Crippen LogP) is 1.64. The Morgan fingerprint density at radius 1 is 1.46 bits per heavy atom. The van der Waals surface area contributed by atoms with Crippen molar-refractivity contribution in [3.8, 4) is 0 Å². The minimum Gasteiger partial charge on any atom is -0.393 e. The molecule has 0 spiro atoms. The quantitative estimate of drug-likeness (QED) is 0.660. The fourth-order valence-electron chi connectivity index (χ4n) is 1.74. The number of hydroxylamine groups is 2. The Balaban J connectivity index is 2.30. The molecule has 3 unspecified atom stereocenters. The van der Waals surface area contributed by atoms with Crippen LogP contribution in [0.2, 0.25) is 0 Å². The van der Waals surface area contributed by atoms with Crippen LogP contribution in [0, 0.1) is 5.41 Å². The predicted molar refractivity (Wildman–Crippen MR) is 51.6 cm³/mol. The topological polar surface area (TPSA) is 43.5 Å². The van der Waals surface area contributed by atoms with E-state index >= 15 is 0 Å². The van der Waals surface area contributed by atoms with Crippen LogP contribution >= 0.6 is 0 Å². The standard InChI is InChI=1S/C10H21NO2/c1-9(2,3)5-8(12)6-10(4)7-11(10)13/h8,12-13H,5-7H2,1-4H3. The van der Waals surface area contributed by atoms with Crippen LogP contribution in [-0.2, 0) is 0 Å². The average molecular weight is 187 g/mol. The number of hydrogen-bond donors (Lipinski definition) is 2. The van der Waals surface area contributed by atoms with E-state index in [9.17, 15) is 5.11 Å². The Labute approximate surface area is 80.3 Å². The van der Waals surface area contributed by atoms with Crippen LogP contribution in [0.25, 0.3) is 0 Å². The second kappa shape index (κ2) is 3.23. The molecule has 1 aliphatic rings. The largest absolute Gasteiger partial charge is 0.393 e. The zero-order chi connectivity index (χ0) is 10.3. The summed E-state index contributed by atoms with van der Waals surface area (Å²) in [5.41, 5.74) is -0.00435. The van der Waals surface area contributed by atoms with Gasteiger partial charge in [0.05, 0.1) is 11.6 Å². The van der Waals surface area contributed by atoms with Crippen molar-refractivity contribution in [2.45, 2.75) is 52.2 Å². The van der Waals surface area contributed by atoms with Gasteiger partial charge in [-0.3, -0.25) is 0 Å². The summed E-state index contributed by atoms with van der Waals surface area (Å²) in [4.78, 5) is 0. The van der Waals surface area contributed by atoms with Crippen LogP contribution < -0.4 is 0 Å². The maximum Gasteiger partial charge on any atom is 0.0607 e. The van der Waals surface area contributed by atoms with Gasteiger partial charge in [-0.15, -0.1) is 0 Å². The van der Waals surface area contributed by atoms with Crippen LogP contribution in [-0.4, -0.2) is 33.6 Å². The van der Waals surface area contributed by atoms with Crippen LogP contribution in [0.15, 0.2) is 0 Å². The van der Waals surface area contributed by atoms with E-state index in [1.54, 1.807) is 0 Å². The van der Waals surface area contributed by atoms with Gasteiger partial charge in [-0.2, -0.15) is 5.06 Å². The highest BCUT2D eigenvalue weighted by molar-refractivity contribution is 4.99. The van der Waals surface area contributed by atoms with Gasteiger partial charge in [0, 0.05) is 6.54 Å². The highest BCUT2D eigenvalue weighted by Crippen LogP contribution is 2.36. The van der Waals surface area contributed by atoms with Crippen molar-refractivity contribution in [1.29, 1.82) is 0 Å². The van der Waals surface area contributed by atoms with Gasteiger partial charge in [-0.1, -0.05) is 20.8 Å². The highest BCUT2D eigenvalue weighted by Gasteiger charge is 2.48.